The van der Waals surface area contributed by atoms with Gasteiger partial charge >= 0.3 is 0 Å². The summed E-state index contributed by atoms with van der Waals surface area (Å²) in [4.78, 5) is 3.32. The van der Waals surface area contributed by atoms with Crippen LogP contribution in [0.1, 0.15) is 24.1 Å². The SMILES string of the molecule is Cc1ccc(-c2ccc(Oc3ccc(CCC(O)CCO)cc3)cc2)[nH]1. The van der Waals surface area contributed by atoms with Gasteiger partial charge in [-0.25, -0.2) is 0 Å². The Morgan fingerprint density at radius 1 is 0.885 bits per heavy atom. The van der Waals surface area contributed by atoms with Crippen molar-refractivity contribution in [3.63, 3.8) is 0 Å². The Balaban J connectivity index is 1.57. The molecule has 1 aromatic heterocycles. The van der Waals surface area contributed by atoms with E-state index < -0.39 is 6.10 Å². The standard InChI is InChI=1S/C22H25NO3/c1-16-2-13-22(23-16)18-6-11-21(12-7-18)26-20-9-4-17(5-10-20)3-8-19(25)14-15-24/h2,4-7,9-13,19,23-25H,3,8,14-15H2,1H3. The molecule has 4 nitrogen and oxygen atoms in total. The van der Waals surface area contributed by atoms with E-state index in [9.17, 15) is 5.11 Å². The summed E-state index contributed by atoms with van der Waals surface area (Å²) in [5.41, 5.74) is 4.51. The average molecular weight is 351 g/mol. The summed E-state index contributed by atoms with van der Waals surface area (Å²) in [6.45, 7) is 2.06. The van der Waals surface area contributed by atoms with Crippen LogP contribution in [-0.2, 0) is 6.42 Å². The van der Waals surface area contributed by atoms with E-state index in [-0.39, 0.29) is 6.61 Å². The predicted molar refractivity (Wildman–Crippen MR) is 104 cm³/mol. The van der Waals surface area contributed by atoms with E-state index in [0.29, 0.717) is 12.8 Å². The number of rotatable bonds is 8. The summed E-state index contributed by atoms with van der Waals surface area (Å²) in [5, 5.41) is 18.5. The molecule has 0 aliphatic carbocycles. The first-order valence-corrected chi connectivity index (χ1v) is 8.96. The molecule has 2 aromatic carbocycles. The second kappa shape index (κ2) is 8.70. The monoisotopic (exact) mass is 351 g/mol. The van der Waals surface area contributed by atoms with Crippen molar-refractivity contribution in [1.82, 2.24) is 4.98 Å². The molecule has 4 heteroatoms. The zero-order chi connectivity index (χ0) is 18.4. The highest BCUT2D eigenvalue weighted by molar-refractivity contribution is 5.61. The van der Waals surface area contributed by atoms with Crippen molar-refractivity contribution in [3.05, 3.63) is 71.9 Å². The number of nitrogens with one attached hydrogen (secondary N) is 1. The number of aryl methyl sites for hydroxylation is 2. The predicted octanol–water partition coefficient (Wildman–Crippen LogP) is 4.46. The summed E-state index contributed by atoms with van der Waals surface area (Å²) in [6, 6.07) is 20.0. The van der Waals surface area contributed by atoms with Gasteiger partial charge in [-0.15, -0.1) is 0 Å². The molecule has 0 saturated carbocycles. The Labute approximate surface area is 154 Å². The van der Waals surface area contributed by atoms with E-state index in [4.69, 9.17) is 9.84 Å². The van der Waals surface area contributed by atoms with Crippen molar-refractivity contribution < 1.29 is 14.9 Å². The molecule has 136 valence electrons. The zero-order valence-corrected chi connectivity index (χ0v) is 15.0. The smallest absolute Gasteiger partial charge is 0.127 e. The van der Waals surface area contributed by atoms with E-state index in [2.05, 4.69) is 17.1 Å². The average Bonchev–Trinajstić information content (AvgIpc) is 3.08. The number of benzene rings is 2. The number of hydrogen-bond acceptors (Lipinski definition) is 3. The number of aromatic nitrogens is 1. The van der Waals surface area contributed by atoms with Crippen molar-refractivity contribution in [2.24, 2.45) is 0 Å². The minimum absolute atomic E-state index is 0.0240. The van der Waals surface area contributed by atoms with Crippen LogP contribution in [0.2, 0.25) is 0 Å². The molecule has 0 bridgehead atoms. The van der Waals surface area contributed by atoms with Crippen molar-refractivity contribution in [2.75, 3.05) is 6.61 Å². The van der Waals surface area contributed by atoms with Gasteiger partial charge in [0.15, 0.2) is 0 Å². The number of H-pyrrole nitrogens is 1. The second-order valence-corrected chi connectivity index (χ2v) is 6.53. The van der Waals surface area contributed by atoms with Crippen molar-refractivity contribution in [2.45, 2.75) is 32.3 Å². The van der Waals surface area contributed by atoms with E-state index in [1.807, 2.05) is 55.5 Å². The van der Waals surface area contributed by atoms with Gasteiger partial charge in [0.1, 0.15) is 11.5 Å². The van der Waals surface area contributed by atoms with Crippen LogP contribution in [0.3, 0.4) is 0 Å². The first-order valence-electron chi connectivity index (χ1n) is 8.96. The first kappa shape index (κ1) is 18.2. The molecule has 3 aromatic rings. The van der Waals surface area contributed by atoms with Crippen LogP contribution >= 0.6 is 0 Å². The molecule has 0 radical (unpaired) electrons. The Kier molecular flexibility index (Phi) is 6.10. The quantitative estimate of drug-likeness (QED) is 0.561. The molecule has 0 fully saturated rings. The van der Waals surface area contributed by atoms with Crippen LogP contribution < -0.4 is 4.74 Å². The van der Waals surface area contributed by atoms with Gasteiger partial charge in [0.2, 0.25) is 0 Å². The van der Waals surface area contributed by atoms with Gasteiger partial charge in [-0.05, 0) is 85.8 Å². The second-order valence-electron chi connectivity index (χ2n) is 6.53. The number of hydrogen-bond donors (Lipinski definition) is 3. The summed E-state index contributed by atoms with van der Waals surface area (Å²) in [5.74, 6) is 1.58. The summed E-state index contributed by atoms with van der Waals surface area (Å²) >= 11 is 0. The molecule has 0 aliphatic rings. The molecule has 0 aliphatic heterocycles. The molecule has 0 spiro atoms. The topological polar surface area (TPSA) is 65.5 Å². The third-order valence-corrected chi connectivity index (χ3v) is 4.38. The minimum atomic E-state index is -0.446. The van der Waals surface area contributed by atoms with Gasteiger partial charge < -0.3 is 19.9 Å². The molecule has 1 unspecified atom stereocenters. The van der Waals surface area contributed by atoms with Crippen LogP contribution in [0.15, 0.2) is 60.7 Å². The van der Waals surface area contributed by atoms with Gasteiger partial charge in [0, 0.05) is 18.0 Å². The van der Waals surface area contributed by atoms with Crippen LogP contribution in [0, 0.1) is 6.92 Å². The highest BCUT2D eigenvalue weighted by Crippen LogP contribution is 2.26. The molecule has 1 heterocycles. The van der Waals surface area contributed by atoms with E-state index >= 15 is 0 Å². The van der Waals surface area contributed by atoms with Gasteiger partial charge in [0.05, 0.1) is 6.10 Å². The van der Waals surface area contributed by atoms with E-state index in [0.717, 1.165) is 40.4 Å². The Morgan fingerprint density at radius 3 is 2.12 bits per heavy atom. The van der Waals surface area contributed by atoms with Crippen LogP contribution in [-0.4, -0.2) is 27.9 Å². The lowest BCUT2D eigenvalue weighted by Gasteiger charge is -2.10. The maximum Gasteiger partial charge on any atom is 0.127 e. The van der Waals surface area contributed by atoms with E-state index in [1.165, 1.54) is 0 Å². The summed E-state index contributed by atoms with van der Waals surface area (Å²) < 4.78 is 5.90. The van der Waals surface area contributed by atoms with Gasteiger partial charge in [-0.3, -0.25) is 0 Å². The lowest BCUT2D eigenvalue weighted by Crippen LogP contribution is -2.09. The van der Waals surface area contributed by atoms with Gasteiger partial charge in [-0.2, -0.15) is 0 Å². The Morgan fingerprint density at radius 2 is 1.54 bits per heavy atom. The highest BCUT2D eigenvalue weighted by Gasteiger charge is 2.05. The maximum absolute atomic E-state index is 9.68. The molecule has 0 amide bonds. The number of aliphatic hydroxyl groups excluding tert-OH is 2. The van der Waals surface area contributed by atoms with Crippen molar-refractivity contribution >= 4 is 0 Å². The zero-order valence-electron chi connectivity index (χ0n) is 15.0. The molecule has 0 saturated heterocycles. The highest BCUT2D eigenvalue weighted by atomic mass is 16.5. The third kappa shape index (κ3) is 4.97. The summed E-state index contributed by atoms with van der Waals surface area (Å²) in [7, 11) is 0. The number of aliphatic hydroxyl groups is 2. The van der Waals surface area contributed by atoms with E-state index in [1.54, 1.807) is 0 Å². The minimum Gasteiger partial charge on any atom is -0.457 e. The molecule has 3 rings (SSSR count). The van der Waals surface area contributed by atoms with Gasteiger partial charge in [-0.1, -0.05) is 12.1 Å². The normalized spacial score (nSPS) is 12.1. The molecular weight excluding hydrogens is 326 g/mol. The fourth-order valence-electron chi connectivity index (χ4n) is 2.86. The molecule has 26 heavy (non-hydrogen) atoms. The molecule has 1 atom stereocenters. The largest absolute Gasteiger partial charge is 0.457 e. The third-order valence-electron chi connectivity index (χ3n) is 4.38. The van der Waals surface area contributed by atoms with Gasteiger partial charge in [0.25, 0.3) is 0 Å². The first-order chi connectivity index (χ1) is 12.6. The fourth-order valence-corrected chi connectivity index (χ4v) is 2.86. The number of ether oxygens (including phenoxy) is 1. The maximum atomic E-state index is 9.68. The van der Waals surface area contributed by atoms with Crippen molar-refractivity contribution in [1.29, 1.82) is 0 Å². The molecular formula is C22H25NO3. The van der Waals surface area contributed by atoms with Crippen molar-refractivity contribution in [3.8, 4) is 22.8 Å². The lowest BCUT2D eigenvalue weighted by atomic mass is 10.1. The number of aromatic amines is 1. The molecule has 3 N–H and O–H groups in total. The Bertz CT molecular complexity index is 806. The Hall–Kier alpha value is -2.56. The summed E-state index contributed by atoms with van der Waals surface area (Å²) in [6.07, 6.45) is 1.42. The van der Waals surface area contributed by atoms with Crippen LogP contribution in [0.4, 0.5) is 0 Å². The van der Waals surface area contributed by atoms with Crippen LogP contribution in [0.25, 0.3) is 11.3 Å². The lowest BCUT2D eigenvalue weighted by molar-refractivity contribution is 0.125. The van der Waals surface area contributed by atoms with Crippen LogP contribution in [0.5, 0.6) is 11.5 Å². The fraction of sp³-hybridized carbons (Fsp3) is 0.273.